The lowest BCUT2D eigenvalue weighted by molar-refractivity contribution is 0.256. The van der Waals surface area contributed by atoms with Gasteiger partial charge in [0.05, 0.1) is 10.6 Å². The highest BCUT2D eigenvalue weighted by Gasteiger charge is 2.18. The molecule has 1 heterocycles. The third-order valence-electron chi connectivity index (χ3n) is 3.96. The maximum absolute atomic E-state index is 12.4. The minimum Gasteiger partial charge on any atom is -0.292 e. The number of hydrogen-bond donors (Lipinski definition) is 3. The van der Waals surface area contributed by atoms with E-state index in [0.717, 1.165) is 5.56 Å². The minimum atomic E-state index is -4.03. The standard InChI is InChI=1S/C19H18N4O4S/c1-13-16(12-14-8-4-2-5-9-14)17(24)21-18(20-13)22-19(25)23-28(26,27)15-10-6-3-7-11-15/h2-11H,12H2,1H3,(H3,20,21,22,23,24,25). The van der Waals surface area contributed by atoms with Crippen LogP contribution in [0.2, 0.25) is 0 Å². The lowest BCUT2D eigenvalue weighted by atomic mass is 10.1. The van der Waals surface area contributed by atoms with Gasteiger partial charge < -0.3 is 0 Å². The van der Waals surface area contributed by atoms with E-state index >= 15 is 0 Å². The molecule has 1 aromatic heterocycles. The van der Waals surface area contributed by atoms with Crippen LogP contribution in [0, 0.1) is 6.92 Å². The van der Waals surface area contributed by atoms with Gasteiger partial charge in [-0.15, -0.1) is 0 Å². The topological polar surface area (TPSA) is 121 Å². The van der Waals surface area contributed by atoms with Crippen molar-refractivity contribution in [3.05, 3.63) is 87.8 Å². The van der Waals surface area contributed by atoms with Gasteiger partial charge in [0.2, 0.25) is 5.95 Å². The summed E-state index contributed by atoms with van der Waals surface area (Å²) < 4.78 is 26.2. The molecule has 0 aliphatic carbocycles. The van der Waals surface area contributed by atoms with E-state index in [-0.39, 0.29) is 10.8 Å². The number of urea groups is 1. The summed E-state index contributed by atoms with van der Waals surface area (Å²) in [5.74, 6) is -0.139. The number of aryl methyl sites for hydroxylation is 1. The second-order valence-electron chi connectivity index (χ2n) is 6.01. The molecule has 0 fully saturated rings. The molecular weight excluding hydrogens is 380 g/mol. The molecule has 2 amide bonds. The fourth-order valence-electron chi connectivity index (χ4n) is 2.59. The van der Waals surface area contributed by atoms with Gasteiger partial charge in [-0.1, -0.05) is 48.5 Å². The number of hydrogen-bond acceptors (Lipinski definition) is 5. The molecular formula is C19H18N4O4S. The molecule has 0 unspecified atom stereocenters. The van der Waals surface area contributed by atoms with Crippen LogP contribution in [0.1, 0.15) is 16.8 Å². The Balaban J connectivity index is 1.74. The van der Waals surface area contributed by atoms with Gasteiger partial charge in [0.15, 0.2) is 0 Å². The van der Waals surface area contributed by atoms with Crippen molar-refractivity contribution in [2.45, 2.75) is 18.2 Å². The molecule has 0 aliphatic heterocycles. The number of H-pyrrole nitrogens is 1. The van der Waals surface area contributed by atoms with Crippen LogP contribution in [-0.4, -0.2) is 24.4 Å². The van der Waals surface area contributed by atoms with Crippen LogP contribution < -0.4 is 15.6 Å². The summed E-state index contributed by atoms with van der Waals surface area (Å²) in [5.41, 5.74) is 1.45. The second kappa shape index (κ2) is 8.05. The van der Waals surface area contributed by atoms with Crippen molar-refractivity contribution in [1.29, 1.82) is 0 Å². The first-order valence-electron chi connectivity index (χ1n) is 8.38. The number of carbonyl (C=O) groups excluding carboxylic acids is 1. The number of amides is 2. The van der Waals surface area contributed by atoms with Crippen LogP contribution in [0.25, 0.3) is 0 Å². The number of anilines is 1. The summed E-state index contributed by atoms with van der Waals surface area (Å²) in [6.45, 7) is 1.65. The van der Waals surface area contributed by atoms with Gasteiger partial charge in [-0.2, -0.15) is 0 Å². The third-order valence-corrected chi connectivity index (χ3v) is 5.31. The van der Waals surface area contributed by atoms with E-state index in [1.807, 2.05) is 35.1 Å². The molecule has 2 aromatic carbocycles. The van der Waals surface area contributed by atoms with Gasteiger partial charge in [-0.3, -0.25) is 15.1 Å². The summed E-state index contributed by atoms with van der Waals surface area (Å²) in [4.78, 5) is 31.0. The Kier molecular flexibility index (Phi) is 5.55. The van der Waals surface area contributed by atoms with E-state index < -0.39 is 21.6 Å². The van der Waals surface area contributed by atoms with Crippen LogP contribution in [0.4, 0.5) is 10.7 Å². The van der Waals surface area contributed by atoms with Crippen molar-refractivity contribution in [2.75, 3.05) is 5.32 Å². The van der Waals surface area contributed by atoms with Gasteiger partial charge in [0.25, 0.3) is 15.6 Å². The quantitative estimate of drug-likeness (QED) is 0.608. The van der Waals surface area contributed by atoms with Crippen molar-refractivity contribution >= 4 is 22.0 Å². The second-order valence-corrected chi connectivity index (χ2v) is 7.70. The van der Waals surface area contributed by atoms with Gasteiger partial charge in [0, 0.05) is 12.0 Å². The van der Waals surface area contributed by atoms with Crippen molar-refractivity contribution in [3.63, 3.8) is 0 Å². The zero-order valence-corrected chi connectivity index (χ0v) is 15.8. The predicted molar refractivity (Wildman–Crippen MR) is 105 cm³/mol. The molecule has 0 aliphatic rings. The summed E-state index contributed by atoms with van der Waals surface area (Å²) in [5, 5.41) is 2.24. The average molecular weight is 398 g/mol. The van der Waals surface area contributed by atoms with Crippen LogP contribution in [0.3, 0.4) is 0 Å². The maximum Gasteiger partial charge on any atom is 0.335 e. The van der Waals surface area contributed by atoms with Crippen molar-refractivity contribution in [1.82, 2.24) is 14.7 Å². The van der Waals surface area contributed by atoms with E-state index in [9.17, 15) is 18.0 Å². The van der Waals surface area contributed by atoms with Gasteiger partial charge >= 0.3 is 6.03 Å². The Morgan fingerprint density at radius 2 is 1.64 bits per heavy atom. The highest BCUT2D eigenvalue weighted by atomic mass is 32.2. The Morgan fingerprint density at radius 1 is 1.04 bits per heavy atom. The van der Waals surface area contributed by atoms with E-state index in [0.29, 0.717) is 17.7 Å². The van der Waals surface area contributed by atoms with Gasteiger partial charge in [0.1, 0.15) is 0 Å². The minimum absolute atomic E-state index is 0.0546. The molecule has 9 heteroatoms. The maximum atomic E-state index is 12.4. The number of sulfonamides is 1. The number of rotatable bonds is 5. The molecule has 8 nitrogen and oxygen atoms in total. The first kappa shape index (κ1) is 19.3. The Labute approximate surface area is 161 Å². The van der Waals surface area contributed by atoms with Crippen molar-refractivity contribution in [3.8, 4) is 0 Å². The molecule has 3 N–H and O–H groups in total. The smallest absolute Gasteiger partial charge is 0.292 e. The largest absolute Gasteiger partial charge is 0.335 e. The van der Waals surface area contributed by atoms with Crippen molar-refractivity contribution < 1.29 is 13.2 Å². The molecule has 28 heavy (non-hydrogen) atoms. The number of benzene rings is 2. The number of nitrogens with one attached hydrogen (secondary N) is 3. The van der Waals surface area contributed by atoms with Crippen molar-refractivity contribution in [2.24, 2.45) is 0 Å². The normalized spacial score (nSPS) is 11.0. The predicted octanol–water partition coefficient (Wildman–Crippen LogP) is 2.18. The van der Waals surface area contributed by atoms with Crippen LogP contribution in [0.5, 0.6) is 0 Å². The van der Waals surface area contributed by atoms with E-state index in [2.05, 4.69) is 15.3 Å². The number of nitrogens with zero attached hydrogens (tertiary/aromatic N) is 1. The summed E-state index contributed by atoms with van der Waals surface area (Å²) in [6, 6.07) is 15.9. The lowest BCUT2D eigenvalue weighted by Gasteiger charge is -2.10. The number of carbonyl (C=O) groups is 1. The Bertz CT molecular complexity index is 1140. The molecule has 0 saturated carbocycles. The zero-order valence-electron chi connectivity index (χ0n) is 15.0. The molecule has 144 valence electrons. The first-order valence-corrected chi connectivity index (χ1v) is 9.86. The molecule has 3 rings (SSSR count). The SMILES string of the molecule is Cc1nc(NC(=O)NS(=O)(=O)c2ccccc2)[nH]c(=O)c1Cc1ccccc1. The molecule has 0 radical (unpaired) electrons. The van der Waals surface area contributed by atoms with Gasteiger partial charge in [-0.05, 0) is 24.6 Å². The molecule has 0 saturated heterocycles. The Morgan fingerprint density at radius 3 is 2.25 bits per heavy atom. The van der Waals surface area contributed by atoms with E-state index in [4.69, 9.17) is 0 Å². The van der Waals surface area contributed by atoms with E-state index in [1.165, 1.54) is 12.1 Å². The highest BCUT2D eigenvalue weighted by molar-refractivity contribution is 7.90. The molecule has 0 atom stereocenters. The zero-order chi connectivity index (χ0) is 20.1. The number of aromatic amines is 1. The third kappa shape index (κ3) is 4.63. The Hall–Kier alpha value is -3.46. The van der Waals surface area contributed by atoms with Crippen LogP contribution >= 0.6 is 0 Å². The highest BCUT2D eigenvalue weighted by Crippen LogP contribution is 2.10. The average Bonchev–Trinajstić information content (AvgIpc) is 2.66. The summed E-state index contributed by atoms with van der Waals surface area (Å²) >= 11 is 0. The fourth-order valence-corrected chi connectivity index (χ4v) is 3.52. The molecule has 0 spiro atoms. The number of aromatic nitrogens is 2. The van der Waals surface area contributed by atoms with Gasteiger partial charge in [-0.25, -0.2) is 22.9 Å². The lowest BCUT2D eigenvalue weighted by Crippen LogP contribution is -2.35. The fraction of sp³-hybridized carbons (Fsp3) is 0.105. The van der Waals surface area contributed by atoms with Crippen LogP contribution in [0.15, 0.2) is 70.4 Å². The molecule has 3 aromatic rings. The summed E-state index contributed by atoms with van der Waals surface area (Å²) in [7, 11) is -4.03. The molecule has 0 bridgehead atoms. The summed E-state index contributed by atoms with van der Waals surface area (Å²) in [6.07, 6.45) is 0.393. The van der Waals surface area contributed by atoms with E-state index in [1.54, 1.807) is 25.1 Å². The van der Waals surface area contributed by atoms with Crippen LogP contribution in [-0.2, 0) is 16.4 Å². The monoisotopic (exact) mass is 398 g/mol. The first-order chi connectivity index (χ1) is 13.3.